The number of carbonyl (C=O) groups excluding carboxylic acids is 2. The monoisotopic (exact) mass is 704 g/mol. The van der Waals surface area contributed by atoms with E-state index in [-0.39, 0.29) is 11.8 Å². The van der Waals surface area contributed by atoms with Crippen LogP contribution in [0.3, 0.4) is 0 Å². The van der Waals surface area contributed by atoms with Crippen molar-refractivity contribution in [3.63, 3.8) is 0 Å². The van der Waals surface area contributed by atoms with Crippen molar-refractivity contribution in [1.82, 2.24) is 20.6 Å². The Morgan fingerprint density at radius 1 is 0.640 bits per heavy atom. The molecule has 0 fully saturated rings. The molecule has 12 heteroatoms. The average Bonchev–Trinajstić information content (AvgIpc) is 3.79. The van der Waals surface area contributed by atoms with Crippen LogP contribution in [0.25, 0.3) is 22.5 Å². The number of aromatic nitrogens is 2. The van der Waals surface area contributed by atoms with E-state index in [0.717, 1.165) is 52.2 Å². The van der Waals surface area contributed by atoms with Gasteiger partial charge in [-0.25, -0.2) is 9.97 Å². The van der Waals surface area contributed by atoms with E-state index in [9.17, 15) is 9.59 Å². The summed E-state index contributed by atoms with van der Waals surface area (Å²) in [6.45, 7) is 1.69. The predicted molar refractivity (Wildman–Crippen MR) is 199 cm³/mol. The van der Waals surface area contributed by atoms with Crippen LogP contribution >= 0.6 is 22.7 Å². The third-order valence-corrected chi connectivity index (χ3v) is 9.08. The molecule has 0 unspecified atom stereocenters. The molecule has 0 aliphatic carbocycles. The maximum atomic E-state index is 12.8. The third kappa shape index (κ3) is 9.24. The van der Waals surface area contributed by atoms with E-state index in [0.29, 0.717) is 53.4 Å². The Bertz CT molecular complexity index is 2040. The summed E-state index contributed by atoms with van der Waals surface area (Å²) in [6, 6.07) is 30.1. The van der Waals surface area contributed by atoms with Crippen molar-refractivity contribution in [3.05, 3.63) is 130 Å². The van der Waals surface area contributed by atoms with Crippen LogP contribution in [0, 0.1) is 0 Å². The summed E-state index contributed by atoms with van der Waals surface area (Å²) >= 11 is 2.79. The molecule has 6 rings (SSSR count). The highest BCUT2D eigenvalue weighted by Crippen LogP contribution is 2.32. The number of rotatable bonds is 15. The Morgan fingerprint density at radius 2 is 1.28 bits per heavy atom. The van der Waals surface area contributed by atoms with Gasteiger partial charge in [-0.15, -0.1) is 22.7 Å². The molecular weight excluding hydrogens is 669 g/mol. The largest absolute Gasteiger partial charge is 0.489 e. The Labute approximate surface area is 298 Å². The fraction of sp³-hybridized carbons (Fsp3) is 0.158. The van der Waals surface area contributed by atoms with Crippen LogP contribution < -0.4 is 31.6 Å². The summed E-state index contributed by atoms with van der Waals surface area (Å²) in [5.41, 5.74) is 18.0. The van der Waals surface area contributed by atoms with Crippen molar-refractivity contribution in [2.24, 2.45) is 0 Å². The number of thiazole rings is 2. The van der Waals surface area contributed by atoms with Gasteiger partial charge in [-0.05, 0) is 84.6 Å². The first-order chi connectivity index (χ1) is 24.4. The minimum absolute atomic E-state index is 0.146. The van der Waals surface area contributed by atoms with E-state index in [2.05, 4.69) is 20.6 Å². The number of amides is 2. The predicted octanol–water partition coefficient (Wildman–Crippen LogP) is 7.20. The third-order valence-electron chi connectivity index (χ3n) is 7.74. The molecule has 2 aromatic heterocycles. The van der Waals surface area contributed by atoms with Crippen molar-refractivity contribution in [3.8, 4) is 34.0 Å². The first-order valence-corrected chi connectivity index (χ1v) is 17.8. The number of ether oxygens (including phenoxy) is 2. The maximum absolute atomic E-state index is 12.8. The lowest BCUT2D eigenvalue weighted by Gasteiger charge is -2.11. The quantitative estimate of drug-likeness (QED) is 0.0819. The first-order valence-electron chi connectivity index (χ1n) is 16.0. The number of para-hydroxylation sites is 1. The maximum Gasteiger partial charge on any atom is 0.251 e. The number of hydrogen-bond donors (Lipinski definition) is 4. The molecule has 254 valence electrons. The molecule has 0 atom stereocenters. The lowest BCUT2D eigenvalue weighted by molar-refractivity contribution is 0.0939. The molecule has 0 saturated carbocycles. The van der Waals surface area contributed by atoms with Crippen molar-refractivity contribution < 1.29 is 19.1 Å². The molecule has 0 radical (unpaired) electrons. The fourth-order valence-corrected chi connectivity index (χ4v) is 6.23. The number of nitrogens with one attached hydrogen (secondary N) is 2. The van der Waals surface area contributed by atoms with Gasteiger partial charge >= 0.3 is 0 Å². The number of anilines is 2. The molecule has 10 nitrogen and oxygen atoms in total. The van der Waals surface area contributed by atoms with Gasteiger partial charge in [-0.1, -0.05) is 36.4 Å². The van der Waals surface area contributed by atoms with E-state index in [1.807, 2.05) is 89.6 Å². The molecule has 0 aliphatic heterocycles. The summed E-state index contributed by atoms with van der Waals surface area (Å²) in [7, 11) is 0. The minimum Gasteiger partial charge on any atom is -0.489 e. The van der Waals surface area contributed by atoms with Crippen LogP contribution in [0.2, 0.25) is 0 Å². The first kappa shape index (κ1) is 34.2. The second-order valence-corrected chi connectivity index (χ2v) is 13.1. The van der Waals surface area contributed by atoms with E-state index in [1.165, 1.54) is 22.7 Å². The second kappa shape index (κ2) is 16.6. The normalized spacial score (nSPS) is 10.8. The number of nitrogens with two attached hydrogens (primary N) is 2. The number of hydrogen-bond acceptors (Lipinski definition) is 10. The van der Waals surface area contributed by atoms with Crippen molar-refractivity contribution in [2.45, 2.75) is 26.1 Å². The molecule has 6 N–H and O–H groups in total. The van der Waals surface area contributed by atoms with E-state index >= 15 is 0 Å². The van der Waals surface area contributed by atoms with Crippen LogP contribution in [0.5, 0.6) is 11.5 Å². The zero-order valence-corrected chi connectivity index (χ0v) is 28.8. The zero-order valence-electron chi connectivity index (χ0n) is 27.1. The summed E-state index contributed by atoms with van der Waals surface area (Å²) < 4.78 is 12.0. The minimum atomic E-state index is -0.150. The van der Waals surface area contributed by atoms with Crippen LogP contribution in [0.4, 0.5) is 10.3 Å². The van der Waals surface area contributed by atoms with Crippen molar-refractivity contribution in [2.75, 3.05) is 24.6 Å². The van der Waals surface area contributed by atoms with Gasteiger partial charge in [0.05, 0.1) is 11.4 Å². The van der Waals surface area contributed by atoms with Gasteiger partial charge < -0.3 is 31.6 Å². The van der Waals surface area contributed by atoms with E-state index < -0.39 is 0 Å². The van der Waals surface area contributed by atoms with E-state index in [4.69, 9.17) is 20.9 Å². The Kier molecular flexibility index (Phi) is 11.3. The second-order valence-electron chi connectivity index (χ2n) is 11.4. The molecule has 0 spiro atoms. The van der Waals surface area contributed by atoms with Crippen molar-refractivity contribution >= 4 is 44.8 Å². The van der Waals surface area contributed by atoms with Gasteiger partial charge in [0.2, 0.25) is 0 Å². The van der Waals surface area contributed by atoms with Gasteiger partial charge in [-0.3, -0.25) is 9.59 Å². The Hall–Kier alpha value is -5.72. The van der Waals surface area contributed by atoms with Gasteiger partial charge in [-0.2, -0.15) is 0 Å². The van der Waals surface area contributed by atoms with Gasteiger partial charge in [0.25, 0.3) is 11.8 Å². The SMILES string of the molecule is Nc1nc(-c2ccc(OCc3cccc(C(=O)NCCCCNC(=O)c4ccc(COc5ccccc5-c5csc(N)n5)cc4)c3)cc2)cs1. The molecular formula is C38H36N6O4S2. The summed E-state index contributed by atoms with van der Waals surface area (Å²) in [5, 5.41) is 10.8. The van der Waals surface area contributed by atoms with Crippen molar-refractivity contribution in [1.29, 1.82) is 0 Å². The highest BCUT2D eigenvalue weighted by molar-refractivity contribution is 7.14. The molecule has 2 amide bonds. The molecule has 6 aromatic rings. The molecule has 50 heavy (non-hydrogen) atoms. The number of nitrogens with zero attached hydrogens (tertiary/aromatic N) is 2. The Morgan fingerprint density at radius 3 is 1.96 bits per heavy atom. The molecule has 2 heterocycles. The summed E-state index contributed by atoms with van der Waals surface area (Å²) in [4.78, 5) is 34.1. The average molecular weight is 705 g/mol. The van der Waals surface area contributed by atoms with Crippen LogP contribution in [-0.2, 0) is 13.2 Å². The Balaban J connectivity index is 0.877. The zero-order chi connectivity index (χ0) is 34.7. The van der Waals surface area contributed by atoms with Gasteiger partial charge in [0, 0.05) is 46.1 Å². The summed E-state index contributed by atoms with van der Waals surface area (Å²) in [5.74, 6) is 1.14. The standard InChI is InChI=1S/C38H36N6O4S2/c39-37-43-32(23-49-37)27-14-16-30(17-15-27)47-22-26-6-5-7-29(20-26)36(46)42-19-4-3-18-41-35(45)28-12-10-25(11-13-28)21-48-34-9-2-1-8-31(34)33-24-50-38(40)44-33/h1-2,5-17,20,23-24H,3-4,18-19,21-22H2,(H2,39,43)(H2,40,44)(H,41,45)(H,42,46). The lowest BCUT2D eigenvalue weighted by atomic mass is 10.1. The molecule has 0 aliphatic rings. The van der Waals surface area contributed by atoms with Gasteiger partial charge in [0.1, 0.15) is 24.7 Å². The number of carbonyl (C=O) groups is 2. The number of benzene rings is 4. The van der Waals surface area contributed by atoms with Crippen LogP contribution in [-0.4, -0.2) is 34.9 Å². The molecule has 0 saturated heterocycles. The smallest absolute Gasteiger partial charge is 0.251 e. The topological polar surface area (TPSA) is 154 Å². The number of unbranched alkanes of at least 4 members (excludes halogenated alkanes) is 1. The fourth-order valence-electron chi connectivity index (χ4n) is 5.10. The number of nitrogen functional groups attached to an aromatic ring is 2. The highest BCUT2D eigenvalue weighted by Gasteiger charge is 2.11. The van der Waals surface area contributed by atoms with Crippen LogP contribution in [0.1, 0.15) is 44.7 Å². The summed E-state index contributed by atoms with van der Waals surface area (Å²) in [6.07, 6.45) is 1.45. The molecule has 0 bridgehead atoms. The lowest BCUT2D eigenvalue weighted by Crippen LogP contribution is -2.27. The van der Waals surface area contributed by atoms with E-state index in [1.54, 1.807) is 18.2 Å². The van der Waals surface area contributed by atoms with Crippen LogP contribution in [0.15, 0.2) is 108 Å². The molecule has 4 aromatic carbocycles. The van der Waals surface area contributed by atoms with Gasteiger partial charge in [0.15, 0.2) is 10.3 Å². The highest BCUT2D eigenvalue weighted by atomic mass is 32.1.